The number of β-amino-alcohol motifs (C(OH)–C–C–N with tert-alkyl or cyclic N) is 1. The van der Waals surface area contributed by atoms with E-state index in [0.717, 1.165) is 11.5 Å². The van der Waals surface area contributed by atoms with Gasteiger partial charge in [0.1, 0.15) is 0 Å². The van der Waals surface area contributed by atoms with Gasteiger partial charge in [0.2, 0.25) is 0 Å². The molecule has 2 rings (SSSR count). The Labute approximate surface area is 116 Å². The third-order valence-electron chi connectivity index (χ3n) is 3.20. The van der Waals surface area contributed by atoms with Crippen LogP contribution in [0.3, 0.4) is 0 Å². The molecule has 1 aliphatic carbocycles. The van der Waals surface area contributed by atoms with Crippen LogP contribution in [0.4, 0.5) is 0 Å². The maximum Gasteiger partial charge on any atom is 0.0914 e. The van der Waals surface area contributed by atoms with Gasteiger partial charge in [0.25, 0.3) is 0 Å². The van der Waals surface area contributed by atoms with Gasteiger partial charge in [-0.05, 0) is 50.7 Å². The molecule has 0 radical (unpaired) electrons. The molecule has 1 aliphatic rings. The van der Waals surface area contributed by atoms with Gasteiger partial charge >= 0.3 is 0 Å². The summed E-state index contributed by atoms with van der Waals surface area (Å²) in [4.78, 5) is 0. The molecule has 0 bridgehead atoms. The number of aliphatic hydroxyl groups excluding tert-OH is 1. The van der Waals surface area contributed by atoms with Gasteiger partial charge in [-0.3, -0.25) is 0 Å². The molecule has 1 atom stereocenters. The summed E-state index contributed by atoms with van der Waals surface area (Å²) in [6, 6.07) is 8.44. The molecule has 1 fully saturated rings. The lowest BCUT2D eigenvalue weighted by Gasteiger charge is -2.23. The van der Waals surface area contributed by atoms with E-state index in [1.165, 1.54) is 18.4 Å². The van der Waals surface area contributed by atoms with Crippen LogP contribution < -0.4 is 5.32 Å². The summed E-state index contributed by atoms with van der Waals surface area (Å²) in [6.45, 7) is 6.92. The van der Waals surface area contributed by atoms with E-state index in [-0.39, 0.29) is 17.9 Å². The smallest absolute Gasteiger partial charge is 0.0914 e. The third-order valence-corrected chi connectivity index (χ3v) is 3.20. The van der Waals surface area contributed by atoms with Gasteiger partial charge in [0, 0.05) is 12.1 Å². The van der Waals surface area contributed by atoms with Crippen molar-refractivity contribution in [2.24, 2.45) is 0 Å². The lowest BCUT2D eigenvalue weighted by Crippen LogP contribution is -2.38. The summed E-state index contributed by atoms with van der Waals surface area (Å²) in [5.74, 6) is 0.786. The van der Waals surface area contributed by atoms with E-state index >= 15 is 0 Å². The summed E-state index contributed by atoms with van der Waals surface area (Å²) in [5, 5.41) is 13.4. The molecule has 0 spiro atoms. The standard InChI is InChI=1S/C15H23NO.ClH/c1-15(2,3)16-10-14(17)13-8-6-12(7-9-13)11-4-5-11;/h6-9,11,14,16-17H,4-5,10H2,1-3H3;1H. The molecule has 1 aromatic rings. The number of aliphatic hydroxyl groups is 1. The first-order chi connectivity index (χ1) is 7.96. The molecule has 102 valence electrons. The van der Waals surface area contributed by atoms with E-state index in [2.05, 4.69) is 50.4 Å². The van der Waals surface area contributed by atoms with Gasteiger partial charge in [-0.15, -0.1) is 12.4 Å². The monoisotopic (exact) mass is 269 g/mol. The van der Waals surface area contributed by atoms with E-state index < -0.39 is 6.10 Å². The average Bonchev–Trinajstić information content (AvgIpc) is 3.09. The third kappa shape index (κ3) is 4.60. The minimum Gasteiger partial charge on any atom is -0.387 e. The molecule has 1 saturated carbocycles. The second-order valence-corrected chi connectivity index (χ2v) is 6.09. The van der Waals surface area contributed by atoms with Crippen molar-refractivity contribution in [1.82, 2.24) is 5.32 Å². The average molecular weight is 270 g/mol. The van der Waals surface area contributed by atoms with Crippen molar-refractivity contribution in [1.29, 1.82) is 0 Å². The highest BCUT2D eigenvalue weighted by atomic mass is 35.5. The van der Waals surface area contributed by atoms with Crippen LogP contribution in [-0.4, -0.2) is 17.2 Å². The van der Waals surface area contributed by atoms with E-state index in [1.807, 2.05) is 0 Å². The Balaban J connectivity index is 0.00000162. The molecule has 0 heterocycles. The SMILES string of the molecule is CC(C)(C)NCC(O)c1ccc(C2CC2)cc1.Cl. The zero-order valence-corrected chi connectivity index (χ0v) is 12.3. The number of rotatable bonds is 4. The Kier molecular flexibility index (Phi) is 5.20. The highest BCUT2D eigenvalue weighted by Crippen LogP contribution is 2.40. The first kappa shape index (κ1) is 15.5. The summed E-state index contributed by atoms with van der Waals surface area (Å²) >= 11 is 0. The molecule has 0 aliphatic heterocycles. The molecule has 0 saturated heterocycles. The minimum absolute atomic E-state index is 0. The quantitative estimate of drug-likeness (QED) is 0.878. The molecule has 3 heteroatoms. The molecule has 18 heavy (non-hydrogen) atoms. The van der Waals surface area contributed by atoms with E-state index in [0.29, 0.717) is 6.54 Å². The topological polar surface area (TPSA) is 32.3 Å². The highest BCUT2D eigenvalue weighted by Gasteiger charge is 2.23. The van der Waals surface area contributed by atoms with Gasteiger partial charge < -0.3 is 10.4 Å². The largest absolute Gasteiger partial charge is 0.387 e. The Bertz CT molecular complexity index is 365. The summed E-state index contributed by atoms with van der Waals surface area (Å²) in [6.07, 6.45) is 2.24. The maximum absolute atomic E-state index is 10.1. The molecule has 2 nitrogen and oxygen atoms in total. The van der Waals surface area contributed by atoms with Crippen molar-refractivity contribution in [3.63, 3.8) is 0 Å². The predicted molar refractivity (Wildman–Crippen MR) is 78.4 cm³/mol. The van der Waals surface area contributed by atoms with Crippen molar-refractivity contribution in [2.75, 3.05) is 6.54 Å². The maximum atomic E-state index is 10.1. The van der Waals surface area contributed by atoms with E-state index in [9.17, 15) is 5.11 Å². The second-order valence-electron chi connectivity index (χ2n) is 6.09. The Morgan fingerprint density at radius 1 is 1.22 bits per heavy atom. The van der Waals surface area contributed by atoms with Gasteiger partial charge in [0.05, 0.1) is 6.10 Å². The molecular formula is C15H24ClNO. The zero-order valence-electron chi connectivity index (χ0n) is 11.4. The number of halogens is 1. The first-order valence-electron chi connectivity index (χ1n) is 6.49. The van der Waals surface area contributed by atoms with Gasteiger partial charge in [-0.2, -0.15) is 0 Å². The van der Waals surface area contributed by atoms with Crippen molar-refractivity contribution in [3.05, 3.63) is 35.4 Å². The zero-order chi connectivity index (χ0) is 12.5. The molecule has 1 aromatic carbocycles. The second kappa shape index (κ2) is 6.05. The summed E-state index contributed by atoms with van der Waals surface area (Å²) < 4.78 is 0. The van der Waals surface area contributed by atoms with E-state index in [4.69, 9.17) is 0 Å². The first-order valence-corrected chi connectivity index (χ1v) is 6.49. The van der Waals surface area contributed by atoms with Crippen LogP contribution in [0.15, 0.2) is 24.3 Å². The fraction of sp³-hybridized carbons (Fsp3) is 0.600. The highest BCUT2D eigenvalue weighted by molar-refractivity contribution is 5.85. The number of hydrogen-bond donors (Lipinski definition) is 2. The van der Waals surface area contributed by atoms with Gasteiger partial charge in [-0.25, -0.2) is 0 Å². The molecule has 0 amide bonds. The predicted octanol–water partition coefficient (Wildman–Crippen LogP) is 3.41. The lowest BCUT2D eigenvalue weighted by atomic mass is 10.0. The molecule has 1 unspecified atom stereocenters. The molecule has 0 aromatic heterocycles. The normalized spacial score (nSPS) is 17.1. The van der Waals surface area contributed by atoms with Crippen LogP contribution in [0, 0.1) is 0 Å². The van der Waals surface area contributed by atoms with Crippen molar-refractivity contribution >= 4 is 12.4 Å². The van der Waals surface area contributed by atoms with Crippen LogP contribution in [-0.2, 0) is 0 Å². The number of nitrogens with one attached hydrogen (secondary N) is 1. The summed E-state index contributed by atoms with van der Waals surface area (Å²) in [5.41, 5.74) is 2.48. The van der Waals surface area contributed by atoms with Gasteiger partial charge in [-0.1, -0.05) is 24.3 Å². The van der Waals surface area contributed by atoms with Crippen LogP contribution in [0.1, 0.15) is 56.8 Å². The Hall–Kier alpha value is -0.570. The van der Waals surface area contributed by atoms with Crippen LogP contribution in [0.25, 0.3) is 0 Å². The van der Waals surface area contributed by atoms with Crippen molar-refractivity contribution in [3.8, 4) is 0 Å². The van der Waals surface area contributed by atoms with Crippen molar-refractivity contribution < 1.29 is 5.11 Å². The molecule has 2 N–H and O–H groups in total. The van der Waals surface area contributed by atoms with Crippen LogP contribution >= 0.6 is 12.4 Å². The molecular weight excluding hydrogens is 246 g/mol. The fourth-order valence-electron chi connectivity index (χ4n) is 1.93. The van der Waals surface area contributed by atoms with E-state index in [1.54, 1.807) is 0 Å². The Morgan fingerprint density at radius 2 is 1.78 bits per heavy atom. The minimum atomic E-state index is -0.414. The van der Waals surface area contributed by atoms with Crippen LogP contribution in [0.5, 0.6) is 0 Å². The summed E-state index contributed by atoms with van der Waals surface area (Å²) in [7, 11) is 0. The van der Waals surface area contributed by atoms with Crippen molar-refractivity contribution in [2.45, 2.75) is 51.2 Å². The lowest BCUT2D eigenvalue weighted by molar-refractivity contribution is 0.163. The van der Waals surface area contributed by atoms with Crippen LogP contribution in [0.2, 0.25) is 0 Å². The number of benzene rings is 1. The Morgan fingerprint density at radius 3 is 2.22 bits per heavy atom. The number of hydrogen-bond acceptors (Lipinski definition) is 2. The fourth-order valence-corrected chi connectivity index (χ4v) is 1.93. The van der Waals surface area contributed by atoms with Gasteiger partial charge in [0.15, 0.2) is 0 Å².